The van der Waals surface area contributed by atoms with Crippen molar-refractivity contribution in [2.24, 2.45) is 0 Å². The molecule has 0 heterocycles. The Bertz CT molecular complexity index is 526. The molecule has 0 fully saturated rings. The lowest BCUT2D eigenvalue weighted by Crippen LogP contribution is -2.10. The predicted octanol–water partition coefficient (Wildman–Crippen LogP) is -2.78. The first-order chi connectivity index (χ1) is 7.41. The van der Waals surface area contributed by atoms with E-state index in [1.165, 1.54) is 0 Å². The van der Waals surface area contributed by atoms with Gasteiger partial charge < -0.3 is 0 Å². The Kier molecular flexibility index (Phi) is 6.78. The summed E-state index contributed by atoms with van der Waals surface area (Å²) >= 11 is 0. The summed E-state index contributed by atoms with van der Waals surface area (Å²) in [5.41, 5.74) is 0. The van der Waals surface area contributed by atoms with Gasteiger partial charge in [0.1, 0.15) is 0 Å². The maximum Gasteiger partial charge on any atom is 0.413 e. The molecule has 0 aliphatic rings. The molecule has 0 unspecified atom stereocenters. The van der Waals surface area contributed by atoms with Crippen LogP contribution in [-0.4, -0.2) is 51.9 Å². The summed E-state index contributed by atoms with van der Waals surface area (Å²) in [4.78, 5) is 0. The standard InChI is InChI=1S/2H2O7S2/c2*1-8(2,3)7-9(4,5)6/h2*(H,1,2,3)(H,4,5,6). The fraction of sp³-hybridized carbons (Fsp3) is 0. The van der Waals surface area contributed by atoms with Crippen molar-refractivity contribution in [3.63, 3.8) is 0 Å². The van der Waals surface area contributed by atoms with Crippen LogP contribution in [0.25, 0.3) is 0 Å². The van der Waals surface area contributed by atoms with Gasteiger partial charge in [-0.05, 0) is 0 Å². The second-order valence-corrected chi connectivity index (χ2v) is 6.36. The normalized spacial score (nSPS) is 13.6. The Morgan fingerprint density at radius 2 is 0.556 bits per heavy atom. The Balaban J connectivity index is 0. The van der Waals surface area contributed by atoms with Gasteiger partial charge in [-0.2, -0.15) is 33.7 Å². The van der Waals surface area contributed by atoms with Crippen molar-refractivity contribution in [1.29, 1.82) is 0 Å². The topological polar surface area (TPSA) is 236 Å². The quantitative estimate of drug-likeness (QED) is 0.373. The van der Waals surface area contributed by atoms with Gasteiger partial charge >= 0.3 is 41.6 Å². The molecule has 0 aromatic rings. The largest absolute Gasteiger partial charge is 0.413 e. The highest BCUT2D eigenvalue weighted by Crippen LogP contribution is 1.92. The van der Waals surface area contributed by atoms with Crippen LogP contribution in [0.1, 0.15) is 0 Å². The van der Waals surface area contributed by atoms with Gasteiger partial charge in [-0.25, -0.2) is 0 Å². The van der Waals surface area contributed by atoms with E-state index in [1.54, 1.807) is 0 Å². The lowest BCUT2D eigenvalue weighted by atomic mass is 15.8. The van der Waals surface area contributed by atoms with Crippen LogP contribution < -0.4 is 0 Å². The van der Waals surface area contributed by atoms with Crippen LogP contribution in [0.15, 0.2) is 0 Å². The maximum absolute atomic E-state index is 9.44. The first-order valence-electron chi connectivity index (χ1n) is 2.73. The third-order valence-electron chi connectivity index (χ3n) is 0.344. The minimum absolute atomic E-state index is 2.68. The molecule has 18 heavy (non-hydrogen) atoms. The summed E-state index contributed by atoms with van der Waals surface area (Å²) in [5.74, 6) is 0. The number of hydrogen-bond donors (Lipinski definition) is 4. The van der Waals surface area contributed by atoms with E-state index in [4.69, 9.17) is 18.2 Å². The molecule has 0 aromatic heterocycles. The van der Waals surface area contributed by atoms with Gasteiger partial charge in [-0.1, -0.05) is 0 Å². The van der Waals surface area contributed by atoms with Crippen LogP contribution in [0.2, 0.25) is 0 Å². The average molecular weight is 356 g/mol. The third kappa shape index (κ3) is 24.7. The van der Waals surface area contributed by atoms with Crippen LogP contribution in [0.4, 0.5) is 0 Å². The first-order valence-corrected chi connectivity index (χ1v) is 8.19. The summed E-state index contributed by atoms with van der Waals surface area (Å²) in [7, 11) is -20.5. The summed E-state index contributed by atoms with van der Waals surface area (Å²) < 4.78 is 111. The molecular formula is H4O14S4. The van der Waals surface area contributed by atoms with Crippen molar-refractivity contribution in [3.05, 3.63) is 0 Å². The van der Waals surface area contributed by atoms with E-state index < -0.39 is 41.6 Å². The van der Waals surface area contributed by atoms with Crippen molar-refractivity contribution in [2.45, 2.75) is 0 Å². The highest BCUT2D eigenvalue weighted by atomic mass is 32.3. The van der Waals surface area contributed by atoms with Gasteiger partial charge in [-0.3, -0.25) is 18.2 Å². The summed E-state index contributed by atoms with van der Waals surface area (Å²) in [5, 5.41) is 0. The van der Waals surface area contributed by atoms with E-state index in [0.29, 0.717) is 0 Å². The predicted molar refractivity (Wildman–Crippen MR) is 48.4 cm³/mol. The first kappa shape index (κ1) is 19.9. The fourth-order valence-corrected chi connectivity index (χ4v) is 1.96. The third-order valence-corrected chi connectivity index (χ3v) is 3.10. The van der Waals surface area contributed by atoms with E-state index >= 15 is 0 Å². The number of rotatable bonds is 4. The molecule has 18 heteroatoms. The van der Waals surface area contributed by atoms with Crippen molar-refractivity contribution in [1.82, 2.24) is 0 Å². The molecule has 0 saturated carbocycles. The van der Waals surface area contributed by atoms with E-state index in [1.807, 2.05) is 0 Å². The zero-order valence-electron chi connectivity index (χ0n) is 7.50. The molecular weight excluding hydrogens is 352 g/mol. The second kappa shape index (κ2) is 6.14. The van der Waals surface area contributed by atoms with E-state index in [0.717, 1.165) is 0 Å². The van der Waals surface area contributed by atoms with E-state index in [2.05, 4.69) is 7.26 Å². The lowest BCUT2D eigenvalue weighted by Gasteiger charge is -1.89. The molecule has 0 aromatic carbocycles. The van der Waals surface area contributed by atoms with Gasteiger partial charge in [0.25, 0.3) is 0 Å². The van der Waals surface area contributed by atoms with Crippen molar-refractivity contribution >= 4 is 41.6 Å². The fourth-order valence-electron chi connectivity index (χ4n) is 0.217. The molecule has 0 saturated heterocycles. The molecule has 0 spiro atoms. The van der Waals surface area contributed by atoms with Crippen LogP contribution in [0.3, 0.4) is 0 Å². The van der Waals surface area contributed by atoms with Gasteiger partial charge in [0, 0.05) is 0 Å². The molecule has 14 nitrogen and oxygen atoms in total. The second-order valence-electron chi connectivity index (χ2n) is 1.85. The molecule has 0 bridgehead atoms. The zero-order chi connectivity index (χ0) is 15.4. The number of hydrogen-bond acceptors (Lipinski definition) is 10. The van der Waals surface area contributed by atoms with Crippen molar-refractivity contribution in [2.75, 3.05) is 0 Å². The van der Waals surface area contributed by atoms with Crippen LogP contribution in [-0.2, 0) is 48.9 Å². The minimum atomic E-state index is -5.12. The summed E-state index contributed by atoms with van der Waals surface area (Å²) in [6.07, 6.45) is 0. The SMILES string of the molecule is O=S(=O)(O)OS(=O)(=O)O.O=S(=O)(O)OS(=O)(=O)O. The monoisotopic (exact) mass is 356 g/mol. The molecule has 0 amide bonds. The van der Waals surface area contributed by atoms with E-state index in [9.17, 15) is 33.7 Å². The molecule has 0 aliphatic carbocycles. The van der Waals surface area contributed by atoms with Crippen molar-refractivity contribution in [3.8, 4) is 0 Å². The summed E-state index contributed by atoms with van der Waals surface area (Å²) in [6.45, 7) is 0. The minimum Gasteiger partial charge on any atom is -0.263 e. The smallest absolute Gasteiger partial charge is 0.263 e. The Labute approximate surface area is 101 Å². The molecule has 0 aliphatic heterocycles. The van der Waals surface area contributed by atoms with Gasteiger partial charge in [0.05, 0.1) is 0 Å². The van der Waals surface area contributed by atoms with E-state index in [-0.39, 0.29) is 0 Å². The molecule has 0 rings (SSSR count). The van der Waals surface area contributed by atoms with Crippen LogP contribution >= 0.6 is 0 Å². The summed E-state index contributed by atoms with van der Waals surface area (Å²) in [6, 6.07) is 0. The highest BCUT2D eigenvalue weighted by molar-refractivity contribution is 7.94. The van der Waals surface area contributed by atoms with Gasteiger partial charge in [-0.15, -0.1) is 7.26 Å². The van der Waals surface area contributed by atoms with Crippen molar-refractivity contribution < 1.29 is 59.1 Å². The molecule has 4 N–H and O–H groups in total. The van der Waals surface area contributed by atoms with Gasteiger partial charge in [0.15, 0.2) is 0 Å². The Hall–Kier alpha value is -0.440. The zero-order valence-corrected chi connectivity index (χ0v) is 10.8. The highest BCUT2D eigenvalue weighted by Gasteiger charge is 2.16. The average Bonchev–Trinajstić information content (AvgIpc) is 1.64. The Morgan fingerprint density at radius 1 is 0.444 bits per heavy atom. The van der Waals surface area contributed by atoms with Crippen LogP contribution in [0, 0.1) is 0 Å². The molecule has 0 atom stereocenters. The maximum atomic E-state index is 9.44. The molecule has 112 valence electrons. The lowest BCUT2D eigenvalue weighted by molar-refractivity contribution is 0.339. The molecule has 0 radical (unpaired) electrons. The van der Waals surface area contributed by atoms with Crippen LogP contribution in [0.5, 0.6) is 0 Å². The van der Waals surface area contributed by atoms with Gasteiger partial charge in [0.2, 0.25) is 0 Å². The Morgan fingerprint density at radius 3 is 0.556 bits per heavy atom.